The van der Waals surface area contributed by atoms with Crippen molar-refractivity contribution in [2.24, 2.45) is 0 Å². The van der Waals surface area contributed by atoms with Crippen LogP contribution in [0.15, 0.2) is 54.6 Å². The first-order valence-corrected chi connectivity index (χ1v) is 9.75. The zero-order valence-corrected chi connectivity index (χ0v) is 16.8. The summed E-state index contributed by atoms with van der Waals surface area (Å²) in [4.78, 5) is 11.5. The number of nitrogens with one attached hydrogen (secondary N) is 3. The van der Waals surface area contributed by atoms with Crippen LogP contribution in [0.3, 0.4) is 0 Å². The van der Waals surface area contributed by atoms with Gasteiger partial charge in [-0.3, -0.25) is 0 Å². The molecule has 3 aromatic rings. The number of aromatic nitrogens is 2. The number of anilines is 5. The standard InChI is InChI=1S/C22H24N6O2/c1-29-18-9-7-17(8-10-18)25-22-26-20(24-16-5-3-2-4-6-16)19(15-23)21(27-22)28-11-13-30-14-12-28/h2-10,15,23H,11-14H2,1H3,(H2,24,25,26,27). The molecule has 30 heavy (non-hydrogen) atoms. The molecule has 0 aliphatic carbocycles. The number of ether oxygens (including phenoxy) is 2. The zero-order valence-electron chi connectivity index (χ0n) is 16.8. The molecule has 4 rings (SSSR count). The fraction of sp³-hybridized carbons (Fsp3) is 0.227. The molecule has 0 amide bonds. The van der Waals surface area contributed by atoms with E-state index in [1.807, 2.05) is 54.6 Å². The lowest BCUT2D eigenvalue weighted by atomic mass is 10.2. The number of nitrogens with zero attached hydrogens (tertiary/aromatic N) is 3. The SMILES string of the molecule is COc1ccc(Nc2nc(Nc3ccccc3)c(C=N)c(N3CCOCC3)n2)cc1. The van der Waals surface area contributed by atoms with Crippen molar-refractivity contribution >= 4 is 35.2 Å². The highest BCUT2D eigenvalue weighted by Gasteiger charge is 2.21. The minimum absolute atomic E-state index is 0.450. The Hall–Kier alpha value is -3.65. The van der Waals surface area contributed by atoms with E-state index in [-0.39, 0.29) is 0 Å². The molecule has 1 aliphatic heterocycles. The molecule has 1 aliphatic rings. The number of morpholine rings is 1. The lowest BCUT2D eigenvalue weighted by Crippen LogP contribution is -2.37. The normalized spacial score (nSPS) is 13.6. The molecule has 2 heterocycles. The Bertz CT molecular complexity index is 989. The molecule has 3 N–H and O–H groups in total. The third kappa shape index (κ3) is 4.49. The van der Waals surface area contributed by atoms with Crippen molar-refractivity contribution in [2.75, 3.05) is 48.9 Å². The highest BCUT2D eigenvalue weighted by molar-refractivity contribution is 5.93. The summed E-state index contributed by atoms with van der Waals surface area (Å²) < 4.78 is 10.7. The van der Waals surface area contributed by atoms with Gasteiger partial charge in [0.05, 0.1) is 25.9 Å². The third-order valence-electron chi connectivity index (χ3n) is 4.76. The molecule has 0 bridgehead atoms. The fourth-order valence-electron chi connectivity index (χ4n) is 3.22. The number of para-hydroxylation sites is 1. The van der Waals surface area contributed by atoms with Gasteiger partial charge in [0, 0.05) is 30.7 Å². The van der Waals surface area contributed by atoms with Crippen LogP contribution < -0.4 is 20.3 Å². The number of benzene rings is 2. The molecule has 8 heteroatoms. The first-order valence-electron chi connectivity index (χ1n) is 9.75. The van der Waals surface area contributed by atoms with Crippen LogP contribution in [-0.4, -0.2) is 49.6 Å². The van der Waals surface area contributed by atoms with Gasteiger partial charge < -0.3 is 30.4 Å². The Kier molecular flexibility index (Phi) is 6.05. The number of hydrogen-bond donors (Lipinski definition) is 3. The predicted octanol–water partition coefficient (Wildman–Crippen LogP) is 3.81. The number of hydrogen-bond acceptors (Lipinski definition) is 8. The summed E-state index contributed by atoms with van der Waals surface area (Å²) in [6.45, 7) is 2.68. The second-order valence-corrected chi connectivity index (χ2v) is 6.72. The molecule has 8 nitrogen and oxygen atoms in total. The van der Waals surface area contributed by atoms with Crippen LogP contribution in [0.5, 0.6) is 5.75 Å². The van der Waals surface area contributed by atoms with Gasteiger partial charge in [0.15, 0.2) is 0 Å². The first kappa shape index (κ1) is 19.7. The van der Waals surface area contributed by atoms with E-state index >= 15 is 0 Å². The molecular weight excluding hydrogens is 380 g/mol. The molecule has 0 unspecified atom stereocenters. The van der Waals surface area contributed by atoms with Crippen LogP contribution in [0.25, 0.3) is 0 Å². The summed E-state index contributed by atoms with van der Waals surface area (Å²) in [6.07, 6.45) is 1.30. The first-order chi connectivity index (χ1) is 14.8. The van der Waals surface area contributed by atoms with E-state index in [9.17, 15) is 0 Å². The third-order valence-corrected chi connectivity index (χ3v) is 4.76. The quantitative estimate of drug-likeness (QED) is 0.516. The van der Waals surface area contributed by atoms with Crippen molar-refractivity contribution in [1.29, 1.82) is 5.41 Å². The Balaban J connectivity index is 1.72. The second-order valence-electron chi connectivity index (χ2n) is 6.72. The smallest absolute Gasteiger partial charge is 0.231 e. The summed E-state index contributed by atoms with van der Waals surface area (Å²) in [5.74, 6) is 2.51. The minimum atomic E-state index is 0.450. The summed E-state index contributed by atoms with van der Waals surface area (Å²) >= 11 is 0. The van der Waals surface area contributed by atoms with Crippen molar-refractivity contribution in [1.82, 2.24) is 9.97 Å². The lowest BCUT2D eigenvalue weighted by molar-refractivity contribution is 0.122. The van der Waals surface area contributed by atoms with Crippen molar-refractivity contribution in [2.45, 2.75) is 0 Å². The van der Waals surface area contributed by atoms with Crippen LogP contribution in [0.2, 0.25) is 0 Å². The van der Waals surface area contributed by atoms with Gasteiger partial charge in [-0.15, -0.1) is 0 Å². The van der Waals surface area contributed by atoms with Crippen LogP contribution in [-0.2, 0) is 4.74 Å². The van der Waals surface area contributed by atoms with Gasteiger partial charge in [-0.25, -0.2) is 0 Å². The number of methoxy groups -OCH3 is 1. The summed E-state index contributed by atoms with van der Waals surface area (Å²) in [7, 11) is 1.64. The molecule has 1 fully saturated rings. The summed E-state index contributed by atoms with van der Waals surface area (Å²) in [5, 5.41) is 14.6. The maximum atomic E-state index is 8.01. The van der Waals surface area contributed by atoms with Gasteiger partial charge in [0.2, 0.25) is 5.95 Å². The highest BCUT2D eigenvalue weighted by Crippen LogP contribution is 2.29. The average Bonchev–Trinajstić information content (AvgIpc) is 2.80. The van der Waals surface area contributed by atoms with Crippen LogP contribution in [0, 0.1) is 5.41 Å². The van der Waals surface area contributed by atoms with E-state index in [2.05, 4.69) is 20.5 Å². The molecule has 0 spiro atoms. The van der Waals surface area contributed by atoms with Crippen molar-refractivity contribution in [3.05, 3.63) is 60.2 Å². The monoisotopic (exact) mass is 404 g/mol. The van der Waals surface area contributed by atoms with Gasteiger partial charge in [0.25, 0.3) is 0 Å². The molecule has 0 radical (unpaired) electrons. The van der Waals surface area contributed by atoms with Gasteiger partial charge in [-0.05, 0) is 36.4 Å². The van der Waals surface area contributed by atoms with Crippen LogP contribution in [0.1, 0.15) is 5.56 Å². The van der Waals surface area contributed by atoms with Crippen LogP contribution >= 0.6 is 0 Å². The highest BCUT2D eigenvalue weighted by atomic mass is 16.5. The van der Waals surface area contributed by atoms with Crippen molar-refractivity contribution in [3.63, 3.8) is 0 Å². The predicted molar refractivity (Wildman–Crippen MR) is 119 cm³/mol. The molecular formula is C22H24N6O2. The van der Waals surface area contributed by atoms with E-state index in [4.69, 9.17) is 19.9 Å². The van der Waals surface area contributed by atoms with E-state index in [0.717, 1.165) is 17.1 Å². The average molecular weight is 404 g/mol. The second kappa shape index (κ2) is 9.23. The van der Waals surface area contributed by atoms with Gasteiger partial charge in [-0.2, -0.15) is 9.97 Å². The van der Waals surface area contributed by atoms with Gasteiger partial charge in [-0.1, -0.05) is 18.2 Å². The summed E-state index contributed by atoms with van der Waals surface area (Å²) in [5.41, 5.74) is 2.38. The molecule has 2 aromatic carbocycles. The molecule has 0 atom stereocenters. The van der Waals surface area contributed by atoms with Gasteiger partial charge in [0.1, 0.15) is 17.4 Å². The zero-order chi connectivity index (χ0) is 20.8. The van der Waals surface area contributed by atoms with Crippen molar-refractivity contribution in [3.8, 4) is 5.75 Å². The minimum Gasteiger partial charge on any atom is -0.497 e. The van der Waals surface area contributed by atoms with Gasteiger partial charge >= 0.3 is 0 Å². The number of rotatable bonds is 7. The largest absolute Gasteiger partial charge is 0.497 e. The Morgan fingerprint density at radius 2 is 1.67 bits per heavy atom. The maximum absolute atomic E-state index is 8.01. The lowest BCUT2D eigenvalue weighted by Gasteiger charge is -2.29. The van der Waals surface area contributed by atoms with E-state index in [0.29, 0.717) is 49.5 Å². The Morgan fingerprint density at radius 3 is 2.33 bits per heavy atom. The Labute approximate surface area is 175 Å². The van der Waals surface area contributed by atoms with Crippen LogP contribution in [0.4, 0.5) is 29.0 Å². The molecule has 0 saturated carbocycles. The molecule has 154 valence electrons. The van der Waals surface area contributed by atoms with E-state index < -0.39 is 0 Å². The van der Waals surface area contributed by atoms with E-state index in [1.165, 1.54) is 6.21 Å². The Morgan fingerprint density at radius 1 is 0.967 bits per heavy atom. The van der Waals surface area contributed by atoms with Crippen molar-refractivity contribution < 1.29 is 9.47 Å². The maximum Gasteiger partial charge on any atom is 0.231 e. The molecule has 1 aromatic heterocycles. The fourth-order valence-corrected chi connectivity index (χ4v) is 3.22. The summed E-state index contributed by atoms with van der Waals surface area (Å²) in [6, 6.07) is 17.3. The topological polar surface area (TPSA) is 95.4 Å². The molecule has 1 saturated heterocycles. The van der Waals surface area contributed by atoms with E-state index in [1.54, 1.807) is 7.11 Å².